The van der Waals surface area contributed by atoms with Crippen LogP contribution >= 0.6 is 11.6 Å². The van der Waals surface area contributed by atoms with Crippen LogP contribution in [0, 0.1) is 6.92 Å². The molecule has 1 atom stereocenters. The number of amides is 1. The third-order valence-electron chi connectivity index (χ3n) is 2.99. The summed E-state index contributed by atoms with van der Waals surface area (Å²) < 4.78 is 5.74. The Morgan fingerprint density at radius 3 is 2.58 bits per heavy atom. The van der Waals surface area contributed by atoms with Gasteiger partial charge in [-0.2, -0.15) is 0 Å². The minimum atomic E-state index is -0.593. The van der Waals surface area contributed by atoms with Gasteiger partial charge in [-0.15, -0.1) is 0 Å². The largest absolute Gasteiger partial charge is 0.480 e. The molecule has 0 aliphatic carbocycles. The van der Waals surface area contributed by atoms with E-state index in [4.69, 9.17) is 22.2 Å². The molecule has 1 amide bonds. The Labute approximate surface area is 119 Å². The van der Waals surface area contributed by atoms with Gasteiger partial charge < -0.3 is 4.74 Å². The predicted molar refractivity (Wildman–Crippen MR) is 77.3 cm³/mol. The normalized spacial score (nSPS) is 12.4. The molecule has 1 unspecified atom stereocenters. The molecule has 0 radical (unpaired) electrons. The maximum Gasteiger partial charge on any atom is 0.274 e. The van der Waals surface area contributed by atoms with E-state index in [-0.39, 0.29) is 5.91 Å². The topological polar surface area (TPSA) is 64.3 Å². The van der Waals surface area contributed by atoms with Crippen LogP contribution in [0.15, 0.2) is 12.1 Å². The van der Waals surface area contributed by atoms with Crippen LogP contribution in [0.25, 0.3) is 0 Å². The zero-order chi connectivity index (χ0) is 14.6. The lowest BCUT2D eigenvalue weighted by atomic mass is 10.0. The molecule has 0 aliphatic heterocycles. The summed E-state index contributed by atoms with van der Waals surface area (Å²) in [5.41, 5.74) is 4.02. The molecule has 106 valence electrons. The van der Waals surface area contributed by atoms with E-state index in [2.05, 4.69) is 19.3 Å². The van der Waals surface area contributed by atoms with E-state index >= 15 is 0 Å². The molecule has 0 aliphatic rings. The second kappa shape index (κ2) is 6.78. The Bertz CT molecular complexity index is 461. The van der Waals surface area contributed by atoms with Crippen LogP contribution in [0.4, 0.5) is 0 Å². The third-order valence-corrected chi connectivity index (χ3v) is 3.32. The van der Waals surface area contributed by atoms with Gasteiger partial charge in [-0.1, -0.05) is 32.4 Å². The average Bonchev–Trinajstić information content (AvgIpc) is 2.36. The zero-order valence-corrected chi connectivity index (χ0v) is 12.5. The molecule has 1 aromatic rings. The summed E-state index contributed by atoms with van der Waals surface area (Å²) in [5, 5.41) is 0.719. The molecule has 0 bridgehead atoms. The van der Waals surface area contributed by atoms with E-state index in [1.165, 1.54) is 0 Å². The zero-order valence-electron chi connectivity index (χ0n) is 11.8. The van der Waals surface area contributed by atoms with Crippen molar-refractivity contribution in [1.29, 1.82) is 0 Å². The molecule has 0 spiro atoms. The number of hydrogen-bond donors (Lipinski definition) is 2. The van der Waals surface area contributed by atoms with E-state index in [1.54, 1.807) is 0 Å². The van der Waals surface area contributed by atoms with Gasteiger partial charge in [0, 0.05) is 5.02 Å². The smallest absolute Gasteiger partial charge is 0.274 e. The number of halogens is 1. The molecule has 0 saturated heterocycles. The maximum atomic E-state index is 11.6. The number of ether oxygens (including phenoxy) is 1. The first kappa shape index (κ1) is 15.8. The van der Waals surface area contributed by atoms with Crippen LogP contribution < -0.4 is 16.0 Å². The number of aryl methyl sites for hydroxylation is 1. The highest BCUT2D eigenvalue weighted by Crippen LogP contribution is 2.32. The van der Waals surface area contributed by atoms with Gasteiger partial charge in [0.05, 0.1) is 0 Å². The van der Waals surface area contributed by atoms with Crippen LogP contribution in [0.1, 0.15) is 44.2 Å². The lowest BCUT2D eigenvalue weighted by Crippen LogP contribution is -2.41. The van der Waals surface area contributed by atoms with Crippen molar-refractivity contribution in [2.45, 2.75) is 46.1 Å². The summed E-state index contributed by atoms with van der Waals surface area (Å²) in [7, 11) is 0. The summed E-state index contributed by atoms with van der Waals surface area (Å²) in [6.45, 7) is 7.89. The lowest BCUT2D eigenvalue weighted by Gasteiger charge is -2.19. The fourth-order valence-electron chi connectivity index (χ4n) is 1.81. The number of rotatable bonds is 5. The maximum absolute atomic E-state index is 11.6. The van der Waals surface area contributed by atoms with Crippen LogP contribution in [0.2, 0.25) is 5.02 Å². The number of nitrogens with two attached hydrogens (primary N) is 1. The minimum Gasteiger partial charge on any atom is -0.480 e. The summed E-state index contributed by atoms with van der Waals surface area (Å²) in [5.74, 6) is 5.77. The summed E-state index contributed by atoms with van der Waals surface area (Å²) in [6, 6.07) is 3.76. The molecular weight excluding hydrogens is 264 g/mol. The number of hydrogen-bond acceptors (Lipinski definition) is 3. The van der Waals surface area contributed by atoms with E-state index < -0.39 is 6.10 Å². The van der Waals surface area contributed by atoms with Crippen LogP contribution in [0.3, 0.4) is 0 Å². The minimum absolute atomic E-state index is 0.291. The van der Waals surface area contributed by atoms with Crippen molar-refractivity contribution in [3.05, 3.63) is 28.3 Å². The predicted octanol–water partition coefficient (Wildman–Crippen LogP) is 2.92. The van der Waals surface area contributed by atoms with Gasteiger partial charge in [-0.05, 0) is 42.5 Å². The highest BCUT2D eigenvalue weighted by molar-refractivity contribution is 6.31. The fourth-order valence-corrected chi connectivity index (χ4v) is 2.24. The molecule has 0 heterocycles. The van der Waals surface area contributed by atoms with Crippen molar-refractivity contribution in [3.8, 4) is 5.75 Å². The molecule has 19 heavy (non-hydrogen) atoms. The van der Waals surface area contributed by atoms with Crippen molar-refractivity contribution in [2.75, 3.05) is 0 Å². The number of nitrogens with one attached hydrogen (secondary N) is 1. The average molecular weight is 285 g/mol. The van der Waals surface area contributed by atoms with Gasteiger partial charge in [0.15, 0.2) is 6.10 Å². The van der Waals surface area contributed by atoms with Crippen molar-refractivity contribution in [2.24, 2.45) is 5.84 Å². The van der Waals surface area contributed by atoms with Gasteiger partial charge in [0.25, 0.3) is 5.91 Å². The van der Waals surface area contributed by atoms with E-state index in [9.17, 15) is 4.79 Å². The number of benzene rings is 1. The molecule has 1 aromatic carbocycles. The SMILES string of the molecule is CCC(Oc1cc(C(C)C)c(Cl)cc1C)C(=O)NN. The fraction of sp³-hybridized carbons (Fsp3) is 0.500. The van der Waals surface area contributed by atoms with Crippen LogP contribution in [0.5, 0.6) is 5.75 Å². The van der Waals surface area contributed by atoms with Crippen molar-refractivity contribution < 1.29 is 9.53 Å². The van der Waals surface area contributed by atoms with Crippen LogP contribution in [-0.2, 0) is 4.79 Å². The Morgan fingerprint density at radius 1 is 1.47 bits per heavy atom. The first-order valence-electron chi connectivity index (χ1n) is 6.37. The molecule has 5 heteroatoms. The Kier molecular flexibility index (Phi) is 5.63. The van der Waals surface area contributed by atoms with Gasteiger partial charge >= 0.3 is 0 Å². The third kappa shape index (κ3) is 3.85. The second-order valence-corrected chi connectivity index (χ2v) is 5.22. The number of carbonyl (C=O) groups is 1. The number of hydrazine groups is 1. The second-order valence-electron chi connectivity index (χ2n) is 4.82. The van der Waals surface area contributed by atoms with Gasteiger partial charge in [0.2, 0.25) is 0 Å². The summed E-state index contributed by atoms with van der Waals surface area (Å²) in [4.78, 5) is 11.6. The molecule has 4 nitrogen and oxygen atoms in total. The van der Waals surface area contributed by atoms with Crippen molar-refractivity contribution >= 4 is 17.5 Å². The lowest BCUT2D eigenvalue weighted by molar-refractivity contribution is -0.128. The Balaban J connectivity index is 3.06. The molecule has 0 aromatic heterocycles. The molecular formula is C14H21ClN2O2. The molecule has 0 saturated carbocycles. The molecule has 1 rings (SSSR count). The highest BCUT2D eigenvalue weighted by atomic mass is 35.5. The van der Waals surface area contributed by atoms with E-state index in [0.717, 1.165) is 16.1 Å². The van der Waals surface area contributed by atoms with Crippen LogP contribution in [-0.4, -0.2) is 12.0 Å². The van der Waals surface area contributed by atoms with Gasteiger partial charge in [-0.25, -0.2) is 5.84 Å². The quantitative estimate of drug-likeness (QED) is 0.496. The standard InChI is InChI=1S/C14H21ClN2O2/c1-5-12(14(18)17-16)19-13-7-10(8(2)3)11(15)6-9(13)4/h6-8,12H,5,16H2,1-4H3,(H,17,18). The molecule has 3 N–H and O–H groups in total. The molecule has 0 fully saturated rings. The van der Waals surface area contributed by atoms with Crippen molar-refractivity contribution in [3.63, 3.8) is 0 Å². The van der Waals surface area contributed by atoms with Crippen molar-refractivity contribution in [1.82, 2.24) is 5.43 Å². The van der Waals surface area contributed by atoms with E-state index in [0.29, 0.717) is 18.1 Å². The Morgan fingerprint density at radius 2 is 2.11 bits per heavy atom. The summed E-state index contributed by atoms with van der Waals surface area (Å²) in [6.07, 6.45) is -0.0489. The summed E-state index contributed by atoms with van der Waals surface area (Å²) >= 11 is 6.20. The number of carbonyl (C=O) groups excluding carboxylic acids is 1. The van der Waals surface area contributed by atoms with E-state index in [1.807, 2.05) is 26.0 Å². The Hall–Kier alpha value is -1.26. The highest BCUT2D eigenvalue weighted by Gasteiger charge is 2.19. The van der Waals surface area contributed by atoms with Gasteiger partial charge in [-0.3, -0.25) is 10.2 Å². The first-order valence-corrected chi connectivity index (χ1v) is 6.75. The van der Waals surface area contributed by atoms with Gasteiger partial charge in [0.1, 0.15) is 5.75 Å². The monoisotopic (exact) mass is 284 g/mol. The first-order chi connectivity index (χ1) is 8.90.